The number of hydrogen-bond donors (Lipinski definition) is 1. The molecule has 1 N–H and O–H groups in total. The number of ether oxygens (including phenoxy) is 2. The van der Waals surface area contributed by atoms with E-state index >= 15 is 0 Å². The molecule has 1 heterocycles. The molecule has 0 saturated heterocycles. The molecular weight excluding hydrogens is 278 g/mol. The van der Waals surface area contributed by atoms with Crippen molar-refractivity contribution in [3.05, 3.63) is 0 Å². The van der Waals surface area contributed by atoms with Crippen LogP contribution in [0.15, 0.2) is 4.99 Å². The van der Waals surface area contributed by atoms with Crippen LogP contribution >= 0.6 is 0 Å². The van der Waals surface area contributed by atoms with Crippen LogP contribution < -0.4 is 0 Å². The lowest BCUT2D eigenvalue weighted by Crippen LogP contribution is -2.24. The molecule has 1 rings (SSSR count). The van der Waals surface area contributed by atoms with E-state index in [4.69, 9.17) is 9.29 Å². The Hall–Kier alpha value is -1.48. The van der Waals surface area contributed by atoms with Crippen molar-refractivity contribution in [3.8, 4) is 0 Å². The van der Waals surface area contributed by atoms with E-state index < -0.39 is 27.8 Å². The van der Waals surface area contributed by atoms with E-state index in [9.17, 15) is 18.0 Å². The average molecular weight is 293 g/mol. The lowest BCUT2D eigenvalue weighted by Gasteiger charge is -2.15. The molecule has 0 spiro atoms. The zero-order valence-corrected chi connectivity index (χ0v) is 11.0. The molecule has 0 bridgehead atoms. The Balaban J connectivity index is 2.15. The first-order valence-corrected chi connectivity index (χ1v) is 7.25. The molecule has 1 aliphatic rings. The highest BCUT2D eigenvalue weighted by Crippen LogP contribution is 2.13. The summed E-state index contributed by atoms with van der Waals surface area (Å²) in [5.41, 5.74) is 0. The monoisotopic (exact) mass is 293 g/mol. The topological polar surface area (TPSA) is 119 Å². The van der Waals surface area contributed by atoms with Crippen LogP contribution in [0.5, 0.6) is 0 Å². The predicted molar refractivity (Wildman–Crippen MR) is 64.4 cm³/mol. The number of nitrogens with zero attached hydrogens (tertiary/aromatic N) is 1. The Kier molecular flexibility index (Phi) is 5.90. The molecule has 0 aromatic carbocycles. The van der Waals surface area contributed by atoms with Crippen LogP contribution in [0.3, 0.4) is 0 Å². The first kappa shape index (κ1) is 15.6. The van der Waals surface area contributed by atoms with Gasteiger partial charge in [-0.2, -0.15) is 8.42 Å². The molecule has 0 aliphatic carbocycles. The van der Waals surface area contributed by atoms with E-state index in [2.05, 4.69) is 9.73 Å². The van der Waals surface area contributed by atoms with Gasteiger partial charge in [0.2, 0.25) is 0 Å². The maximum Gasteiger partial charge on any atom is 0.323 e. The summed E-state index contributed by atoms with van der Waals surface area (Å²) in [6.07, 6.45) is 2.82. The van der Waals surface area contributed by atoms with E-state index in [-0.39, 0.29) is 19.1 Å². The number of aliphatic imine (C=N–C) groups is 1. The Bertz CT molecular complexity index is 456. The summed E-state index contributed by atoms with van der Waals surface area (Å²) in [5, 5.41) is 0. The van der Waals surface area contributed by atoms with Crippen LogP contribution in [0.2, 0.25) is 0 Å². The van der Waals surface area contributed by atoms with Gasteiger partial charge in [-0.1, -0.05) is 0 Å². The molecule has 1 atom stereocenters. The normalized spacial score (nSPS) is 18.9. The second-order valence-electron chi connectivity index (χ2n) is 3.92. The van der Waals surface area contributed by atoms with Crippen LogP contribution in [0.25, 0.3) is 0 Å². The fraction of sp³-hybridized carbons (Fsp3) is 0.700. The van der Waals surface area contributed by atoms with Gasteiger partial charge in [0.05, 0.1) is 5.92 Å². The SMILES string of the molecule is O=C(CS(=O)(=O)O)OCCOC(=O)C1CC=NCC1. The molecule has 0 aromatic rings. The largest absolute Gasteiger partial charge is 0.462 e. The molecule has 1 aliphatic heterocycles. The molecule has 8 nitrogen and oxygen atoms in total. The van der Waals surface area contributed by atoms with Crippen molar-refractivity contribution in [1.29, 1.82) is 0 Å². The number of esters is 2. The van der Waals surface area contributed by atoms with E-state index in [1.807, 2.05) is 0 Å². The summed E-state index contributed by atoms with van der Waals surface area (Å²) in [4.78, 5) is 26.4. The zero-order chi connectivity index (χ0) is 14.3. The van der Waals surface area contributed by atoms with Gasteiger partial charge in [-0.15, -0.1) is 0 Å². The van der Waals surface area contributed by atoms with Gasteiger partial charge in [0.15, 0.2) is 5.75 Å². The van der Waals surface area contributed by atoms with Crippen molar-refractivity contribution in [1.82, 2.24) is 0 Å². The number of carbonyl (C=O) groups is 2. The minimum Gasteiger partial charge on any atom is -0.462 e. The van der Waals surface area contributed by atoms with E-state index in [1.165, 1.54) is 0 Å². The first-order valence-electron chi connectivity index (χ1n) is 5.64. The molecule has 0 saturated carbocycles. The number of rotatable bonds is 6. The van der Waals surface area contributed by atoms with E-state index in [0.29, 0.717) is 19.4 Å². The zero-order valence-electron chi connectivity index (χ0n) is 10.1. The van der Waals surface area contributed by atoms with Crippen molar-refractivity contribution in [2.75, 3.05) is 25.5 Å². The standard InChI is InChI=1S/C10H15NO7S/c12-9(7-19(14,15)16)17-5-6-18-10(13)8-1-3-11-4-2-8/h3,8H,1-2,4-7H2,(H,14,15,16). The van der Waals surface area contributed by atoms with Crippen LogP contribution in [-0.2, 0) is 29.2 Å². The van der Waals surface area contributed by atoms with Crippen molar-refractivity contribution < 1.29 is 32.0 Å². The second-order valence-corrected chi connectivity index (χ2v) is 5.38. The second kappa shape index (κ2) is 7.19. The van der Waals surface area contributed by atoms with E-state index in [0.717, 1.165) is 0 Å². The Labute approximate surface area is 110 Å². The highest BCUT2D eigenvalue weighted by Gasteiger charge is 2.21. The van der Waals surface area contributed by atoms with Gasteiger partial charge in [0.25, 0.3) is 10.1 Å². The number of carbonyl (C=O) groups excluding carboxylic acids is 2. The summed E-state index contributed by atoms with van der Waals surface area (Å²) >= 11 is 0. The van der Waals surface area contributed by atoms with Crippen LogP contribution in [0, 0.1) is 5.92 Å². The molecule has 0 fully saturated rings. The Morgan fingerprint density at radius 1 is 1.32 bits per heavy atom. The predicted octanol–water partition coefficient (Wildman–Crippen LogP) is -0.559. The third-order valence-corrected chi connectivity index (χ3v) is 2.95. The summed E-state index contributed by atoms with van der Waals surface area (Å²) in [5.74, 6) is -2.83. The van der Waals surface area contributed by atoms with E-state index in [1.54, 1.807) is 6.21 Å². The van der Waals surface area contributed by atoms with Gasteiger partial charge in [0, 0.05) is 6.54 Å². The van der Waals surface area contributed by atoms with Gasteiger partial charge >= 0.3 is 11.9 Å². The van der Waals surface area contributed by atoms with Crippen molar-refractivity contribution in [2.45, 2.75) is 12.8 Å². The lowest BCUT2D eigenvalue weighted by molar-refractivity contribution is -0.154. The van der Waals surface area contributed by atoms with Crippen LogP contribution in [-0.4, -0.2) is 56.6 Å². The molecule has 19 heavy (non-hydrogen) atoms. The molecule has 0 amide bonds. The smallest absolute Gasteiger partial charge is 0.323 e. The van der Waals surface area contributed by atoms with Gasteiger partial charge < -0.3 is 9.47 Å². The first-order chi connectivity index (χ1) is 8.88. The quantitative estimate of drug-likeness (QED) is 0.396. The maximum absolute atomic E-state index is 11.5. The molecular formula is C10H15NO7S. The van der Waals surface area contributed by atoms with Gasteiger partial charge in [-0.25, -0.2) is 0 Å². The fourth-order valence-electron chi connectivity index (χ4n) is 1.46. The van der Waals surface area contributed by atoms with Gasteiger partial charge in [-0.3, -0.25) is 19.1 Å². The Morgan fingerprint density at radius 3 is 2.58 bits per heavy atom. The molecule has 1 unspecified atom stereocenters. The third kappa shape index (κ3) is 6.87. The molecule has 0 radical (unpaired) electrons. The highest BCUT2D eigenvalue weighted by atomic mass is 32.2. The summed E-state index contributed by atoms with van der Waals surface area (Å²) in [6.45, 7) is 0.188. The van der Waals surface area contributed by atoms with Crippen LogP contribution in [0.4, 0.5) is 0 Å². The minimum absolute atomic E-state index is 0.149. The molecule has 9 heteroatoms. The summed E-state index contributed by atoms with van der Waals surface area (Å²) in [7, 11) is -4.39. The lowest BCUT2D eigenvalue weighted by atomic mass is 10.0. The van der Waals surface area contributed by atoms with Crippen molar-refractivity contribution in [3.63, 3.8) is 0 Å². The highest BCUT2D eigenvalue weighted by molar-refractivity contribution is 7.86. The summed E-state index contributed by atoms with van der Waals surface area (Å²) in [6, 6.07) is 0. The maximum atomic E-state index is 11.5. The third-order valence-electron chi connectivity index (χ3n) is 2.35. The fourth-order valence-corrected chi connectivity index (χ4v) is 1.84. The van der Waals surface area contributed by atoms with Gasteiger partial charge in [0.1, 0.15) is 13.2 Å². The van der Waals surface area contributed by atoms with Crippen LogP contribution in [0.1, 0.15) is 12.8 Å². The minimum atomic E-state index is -4.39. The number of hydrogen-bond acceptors (Lipinski definition) is 7. The molecule has 0 aromatic heterocycles. The van der Waals surface area contributed by atoms with Crippen molar-refractivity contribution in [2.24, 2.45) is 10.9 Å². The average Bonchev–Trinajstić information content (AvgIpc) is 2.33. The van der Waals surface area contributed by atoms with Crippen molar-refractivity contribution >= 4 is 28.3 Å². The summed E-state index contributed by atoms with van der Waals surface area (Å²) < 4.78 is 38.4. The molecule has 108 valence electrons. The Morgan fingerprint density at radius 2 is 2.00 bits per heavy atom. The van der Waals surface area contributed by atoms with Gasteiger partial charge in [-0.05, 0) is 19.1 Å².